The Labute approximate surface area is 146 Å². The summed E-state index contributed by atoms with van der Waals surface area (Å²) < 4.78 is 5.73. The van der Waals surface area contributed by atoms with Crippen LogP contribution in [0.4, 0.5) is 0 Å². The summed E-state index contributed by atoms with van der Waals surface area (Å²) in [5.41, 5.74) is 1.00. The van der Waals surface area contributed by atoms with Crippen LogP contribution < -0.4 is 10.1 Å². The first-order valence-electron chi connectivity index (χ1n) is 8.37. The largest absolute Gasteiger partial charge is 0.489 e. The normalized spacial score (nSPS) is 14.6. The minimum atomic E-state index is -1.17. The number of amides is 1. The lowest BCUT2D eigenvalue weighted by atomic mass is 10.1. The monoisotopic (exact) mass is 339 g/mol. The van der Waals surface area contributed by atoms with Crippen molar-refractivity contribution in [2.24, 2.45) is 5.41 Å². The van der Waals surface area contributed by atoms with Gasteiger partial charge in [0.2, 0.25) is 5.91 Å². The van der Waals surface area contributed by atoms with Gasteiger partial charge in [-0.05, 0) is 42.5 Å². The van der Waals surface area contributed by atoms with Gasteiger partial charge in [-0.3, -0.25) is 9.59 Å². The molecule has 2 aromatic carbocycles. The molecule has 0 radical (unpaired) electrons. The Balaban J connectivity index is 1.43. The molecule has 1 aliphatic carbocycles. The fourth-order valence-electron chi connectivity index (χ4n) is 2.65. The standard InChI is InChI=1S/C20H21NO4/c22-18(20(11-12-20)19(23)24)21-13-10-15-6-8-17(9-7-15)25-14-16-4-2-1-3-5-16/h1-9H,10-14H2,(H,21,22)(H,23,24). The van der Waals surface area contributed by atoms with Crippen LogP contribution in [0.15, 0.2) is 54.6 Å². The van der Waals surface area contributed by atoms with E-state index in [0.717, 1.165) is 16.9 Å². The second-order valence-corrected chi connectivity index (χ2v) is 6.31. The van der Waals surface area contributed by atoms with Crippen molar-refractivity contribution in [1.29, 1.82) is 0 Å². The zero-order valence-electron chi connectivity index (χ0n) is 13.9. The number of carboxylic acid groups (broad SMARTS) is 1. The van der Waals surface area contributed by atoms with E-state index in [-0.39, 0.29) is 5.91 Å². The maximum absolute atomic E-state index is 11.9. The third-order valence-electron chi connectivity index (χ3n) is 4.46. The SMILES string of the molecule is O=C(O)C1(C(=O)NCCc2ccc(OCc3ccccc3)cc2)CC1. The molecule has 25 heavy (non-hydrogen) atoms. The molecular formula is C20H21NO4. The van der Waals surface area contributed by atoms with Gasteiger partial charge in [-0.15, -0.1) is 0 Å². The van der Waals surface area contributed by atoms with Crippen LogP contribution in [0.25, 0.3) is 0 Å². The minimum Gasteiger partial charge on any atom is -0.489 e. The highest BCUT2D eigenvalue weighted by Gasteiger charge is 2.56. The lowest BCUT2D eigenvalue weighted by molar-refractivity contribution is -0.149. The van der Waals surface area contributed by atoms with Gasteiger partial charge in [-0.1, -0.05) is 42.5 Å². The number of nitrogens with one attached hydrogen (secondary N) is 1. The Morgan fingerprint density at radius 2 is 1.68 bits per heavy atom. The zero-order chi connectivity index (χ0) is 17.7. The van der Waals surface area contributed by atoms with E-state index < -0.39 is 11.4 Å². The van der Waals surface area contributed by atoms with Crippen molar-refractivity contribution >= 4 is 11.9 Å². The van der Waals surface area contributed by atoms with Crippen molar-refractivity contribution in [2.45, 2.75) is 25.9 Å². The predicted molar refractivity (Wildman–Crippen MR) is 93.2 cm³/mol. The predicted octanol–water partition coefficient (Wildman–Crippen LogP) is 2.79. The van der Waals surface area contributed by atoms with E-state index in [2.05, 4.69) is 5.32 Å². The molecule has 5 nitrogen and oxygen atoms in total. The van der Waals surface area contributed by atoms with Crippen molar-refractivity contribution in [1.82, 2.24) is 5.32 Å². The van der Waals surface area contributed by atoms with E-state index in [9.17, 15) is 9.59 Å². The third-order valence-corrected chi connectivity index (χ3v) is 4.46. The van der Waals surface area contributed by atoms with E-state index >= 15 is 0 Å². The molecule has 2 N–H and O–H groups in total. The highest BCUT2D eigenvalue weighted by atomic mass is 16.5. The van der Waals surface area contributed by atoms with Crippen LogP contribution in [0.3, 0.4) is 0 Å². The molecule has 0 aliphatic heterocycles. The van der Waals surface area contributed by atoms with Crippen LogP contribution in [-0.4, -0.2) is 23.5 Å². The Bertz CT molecular complexity index is 736. The summed E-state index contributed by atoms with van der Waals surface area (Å²) in [4.78, 5) is 23.0. The van der Waals surface area contributed by atoms with Crippen LogP contribution in [0.5, 0.6) is 5.75 Å². The van der Waals surface area contributed by atoms with Gasteiger partial charge >= 0.3 is 5.97 Å². The Morgan fingerprint density at radius 3 is 2.28 bits per heavy atom. The summed E-state index contributed by atoms with van der Waals surface area (Å²) in [5, 5.41) is 11.8. The first-order valence-corrected chi connectivity index (χ1v) is 8.37. The highest BCUT2D eigenvalue weighted by Crippen LogP contribution is 2.46. The van der Waals surface area contributed by atoms with Crippen molar-refractivity contribution < 1.29 is 19.4 Å². The summed E-state index contributed by atoms with van der Waals surface area (Å²) in [7, 11) is 0. The zero-order valence-corrected chi connectivity index (χ0v) is 13.9. The van der Waals surface area contributed by atoms with Gasteiger partial charge < -0.3 is 15.2 Å². The van der Waals surface area contributed by atoms with E-state index in [0.29, 0.717) is 32.4 Å². The van der Waals surface area contributed by atoms with Crippen molar-refractivity contribution in [2.75, 3.05) is 6.54 Å². The molecule has 0 spiro atoms. The number of ether oxygens (including phenoxy) is 1. The molecule has 5 heteroatoms. The molecule has 1 fully saturated rings. The lowest BCUT2D eigenvalue weighted by Gasteiger charge is -2.11. The maximum atomic E-state index is 11.9. The number of carbonyl (C=O) groups excluding carboxylic acids is 1. The third kappa shape index (κ3) is 4.18. The highest BCUT2D eigenvalue weighted by molar-refractivity contribution is 6.04. The van der Waals surface area contributed by atoms with Gasteiger partial charge in [-0.2, -0.15) is 0 Å². The van der Waals surface area contributed by atoms with Gasteiger partial charge in [-0.25, -0.2) is 0 Å². The van der Waals surface area contributed by atoms with Crippen molar-refractivity contribution in [3.05, 3.63) is 65.7 Å². The van der Waals surface area contributed by atoms with E-state index in [1.165, 1.54) is 0 Å². The molecule has 0 atom stereocenters. The molecule has 1 amide bonds. The molecule has 2 aromatic rings. The minimum absolute atomic E-state index is 0.372. The average Bonchev–Trinajstić information content (AvgIpc) is 3.44. The number of hydrogen-bond acceptors (Lipinski definition) is 3. The molecular weight excluding hydrogens is 318 g/mol. The van der Waals surface area contributed by atoms with E-state index in [1.54, 1.807) is 0 Å². The second kappa shape index (κ2) is 7.38. The van der Waals surface area contributed by atoms with Crippen LogP contribution in [0.2, 0.25) is 0 Å². The molecule has 130 valence electrons. The first kappa shape index (κ1) is 17.0. The van der Waals surface area contributed by atoms with Crippen molar-refractivity contribution in [3.8, 4) is 5.75 Å². The van der Waals surface area contributed by atoms with Gasteiger partial charge in [0, 0.05) is 6.54 Å². The number of carboxylic acids is 1. The maximum Gasteiger partial charge on any atom is 0.319 e. The van der Waals surface area contributed by atoms with Gasteiger partial charge in [0.05, 0.1) is 0 Å². The quantitative estimate of drug-likeness (QED) is 0.725. The summed E-state index contributed by atoms with van der Waals surface area (Å²) in [6, 6.07) is 17.7. The molecule has 0 bridgehead atoms. The van der Waals surface area contributed by atoms with Crippen LogP contribution in [0.1, 0.15) is 24.0 Å². The average molecular weight is 339 g/mol. The Kier molecular flexibility index (Phi) is 5.03. The Hall–Kier alpha value is -2.82. The fourth-order valence-corrected chi connectivity index (χ4v) is 2.65. The topological polar surface area (TPSA) is 75.6 Å². The summed E-state index contributed by atoms with van der Waals surface area (Å²) in [6.45, 7) is 0.950. The molecule has 1 saturated carbocycles. The number of aliphatic carboxylic acids is 1. The molecule has 0 heterocycles. The molecule has 0 unspecified atom stereocenters. The summed E-state index contributed by atoms with van der Waals surface area (Å²) in [6.07, 6.45) is 1.52. The molecule has 1 aliphatic rings. The second-order valence-electron chi connectivity index (χ2n) is 6.31. The lowest BCUT2D eigenvalue weighted by Crippen LogP contribution is -2.37. The summed E-state index contributed by atoms with van der Waals surface area (Å²) in [5.74, 6) is -0.604. The summed E-state index contributed by atoms with van der Waals surface area (Å²) >= 11 is 0. The van der Waals surface area contributed by atoms with E-state index in [4.69, 9.17) is 9.84 Å². The number of hydrogen-bond donors (Lipinski definition) is 2. The van der Waals surface area contributed by atoms with Crippen LogP contribution in [-0.2, 0) is 22.6 Å². The smallest absolute Gasteiger partial charge is 0.319 e. The van der Waals surface area contributed by atoms with Gasteiger partial charge in [0.15, 0.2) is 0 Å². The van der Waals surface area contributed by atoms with Gasteiger partial charge in [0.25, 0.3) is 0 Å². The molecule has 0 saturated heterocycles. The van der Waals surface area contributed by atoms with Crippen LogP contribution >= 0.6 is 0 Å². The number of carbonyl (C=O) groups is 2. The van der Waals surface area contributed by atoms with E-state index in [1.807, 2.05) is 54.6 Å². The molecule has 3 rings (SSSR count). The first-order chi connectivity index (χ1) is 12.1. The number of rotatable bonds is 8. The van der Waals surface area contributed by atoms with Crippen LogP contribution in [0, 0.1) is 5.41 Å². The van der Waals surface area contributed by atoms with Gasteiger partial charge in [0.1, 0.15) is 17.8 Å². The molecule has 0 aromatic heterocycles. The fraction of sp³-hybridized carbons (Fsp3) is 0.300. The van der Waals surface area contributed by atoms with Crippen molar-refractivity contribution in [3.63, 3.8) is 0 Å². The Morgan fingerprint density at radius 1 is 1.00 bits per heavy atom. The number of benzene rings is 2.